The first-order valence-electron chi connectivity index (χ1n) is 8.89. The topological polar surface area (TPSA) is 92.8 Å². The van der Waals surface area contributed by atoms with Crippen molar-refractivity contribution in [3.63, 3.8) is 0 Å². The number of carbonyl (C=O) groups excluding carboxylic acids is 2. The maximum atomic E-state index is 14.1. The van der Waals surface area contributed by atoms with Gasteiger partial charge in [-0.25, -0.2) is 21.9 Å². The van der Waals surface area contributed by atoms with Gasteiger partial charge in [0.1, 0.15) is 5.82 Å². The van der Waals surface area contributed by atoms with Crippen LogP contribution in [-0.2, 0) is 26.0 Å². The maximum Gasteiger partial charge on any atom is 0.341 e. The minimum Gasteiger partial charge on any atom is -0.449 e. The highest BCUT2D eigenvalue weighted by atomic mass is 32.2. The molecule has 9 heteroatoms. The van der Waals surface area contributed by atoms with Crippen LogP contribution in [0.5, 0.6) is 0 Å². The fraction of sp³-hybridized carbons (Fsp3) is 0.300. The minimum atomic E-state index is -3.86. The second kappa shape index (κ2) is 9.15. The van der Waals surface area contributed by atoms with E-state index in [1.807, 2.05) is 19.1 Å². The van der Waals surface area contributed by atoms with E-state index in [1.54, 1.807) is 12.1 Å². The molecule has 0 bridgehead atoms. The van der Waals surface area contributed by atoms with Gasteiger partial charge in [0.2, 0.25) is 10.0 Å². The highest BCUT2D eigenvalue weighted by Gasteiger charge is 2.25. The van der Waals surface area contributed by atoms with Gasteiger partial charge in [0.15, 0.2) is 6.10 Å². The van der Waals surface area contributed by atoms with Crippen LogP contribution in [0.25, 0.3) is 0 Å². The van der Waals surface area contributed by atoms with Gasteiger partial charge in [-0.05, 0) is 49.2 Å². The smallest absolute Gasteiger partial charge is 0.341 e. The van der Waals surface area contributed by atoms with E-state index < -0.39 is 39.4 Å². The molecule has 1 amide bonds. The molecule has 0 aliphatic rings. The summed E-state index contributed by atoms with van der Waals surface area (Å²) in [7, 11) is -1.23. The number of rotatable bonds is 7. The number of carbonyl (C=O) groups is 2. The van der Waals surface area contributed by atoms with Gasteiger partial charge in [-0.1, -0.05) is 19.1 Å². The summed E-state index contributed by atoms with van der Waals surface area (Å²) in [5.74, 6) is -2.68. The van der Waals surface area contributed by atoms with Crippen molar-refractivity contribution >= 4 is 27.6 Å². The molecule has 0 spiro atoms. The normalized spacial score (nSPS) is 12.5. The Labute approximate surface area is 169 Å². The Morgan fingerprint density at radius 3 is 2.31 bits per heavy atom. The Hall–Kier alpha value is -2.78. The lowest BCUT2D eigenvalue weighted by Gasteiger charge is -2.15. The van der Waals surface area contributed by atoms with Crippen molar-refractivity contribution in [2.24, 2.45) is 0 Å². The molecule has 2 aromatic carbocycles. The molecule has 0 radical (unpaired) electrons. The van der Waals surface area contributed by atoms with Crippen LogP contribution < -0.4 is 5.32 Å². The van der Waals surface area contributed by atoms with Gasteiger partial charge in [0.05, 0.1) is 10.5 Å². The number of hydrogen-bond donors (Lipinski definition) is 1. The van der Waals surface area contributed by atoms with E-state index in [0.29, 0.717) is 5.69 Å². The lowest BCUT2D eigenvalue weighted by Crippen LogP contribution is -2.30. The molecule has 2 rings (SSSR count). The van der Waals surface area contributed by atoms with Gasteiger partial charge >= 0.3 is 5.97 Å². The van der Waals surface area contributed by atoms with E-state index in [4.69, 9.17) is 4.74 Å². The first-order chi connectivity index (χ1) is 13.6. The van der Waals surface area contributed by atoms with E-state index in [2.05, 4.69) is 5.32 Å². The third kappa shape index (κ3) is 5.39. The number of esters is 1. The van der Waals surface area contributed by atoms with Gasteiger partial charge in [0.25, 0.3) is 5.91 Å². The summed E-state index contributed by atoms with van der Waals surface area (Å²) in [5.41, 5.74) is 1.06. The van der Waals surface area contributed by atoms with Crippen molar-refractivity contribution in [3.8, 4) is 0 Å². The number of benzene rings is 2. The van der Waals surface area contributed by atoms with Gasteiger partial charge in [-0.2, -0.15) is 0 Å². The van der Waals surface area contributed by atoms with Crippen molar-refractivity contribution in [1.29, 1.82) is 0 Å². The molecule has 2 aromatic rings. The fourth-order valence-electron chi connectivity index (χ4n) is 2.38. The highest BCUT2D eigenvalue weighted by molar-refractivity contribution is 7.89. The summed E-state index contributed by atoms with van der Waals surface area (Å²) in [5, 5.41) is 2.60. The standard InChI is InChI=1S/C20H23FN2O5S/c1-5-14-6-8-15(9-7-14)22-19(24)13(2)28-20(25)17-12-16(10-11-18(17)21)29(26,27)23(3)4/h6-13H,5H2,1-4H3,(H,22,24)/t13-/m0/s1. The molecule has 7 nitrogen and oxygen atoms in total. The van der Waals surface area contributed by atoms with Crippen LogP contribution in [0.3, 0.4) is 0 Å². The number of hydrogen-bond acceptors (Lipinski definition) is 5. The summed E-state index contributed by atoms with van der Waals surface area (Å²) >= 11 is 0. The molecule has 156 valence electrons. The SMILES string of the molecule is CCc1ccc(NC(=O)[C@H](C)OC(=O)c2cc(S(=O)(=O)N(C)C)ccc2F)cc1. The quantitative estimate of drug-likeness (QED) is 0.693. The molecule has 0 aliphatic heterocycles. The predicted molar refractivity (Wildman–Crippen MR) is 107 cm³/mol. The summed E-state index contributed by atoms with van der Waals surface area (Å²) in [6.45, 7) is 3.35. The van der Waals surface area contributed by atoms with Crippen molar-refractivity contribution in [2.75, 3.05) is 19.4 Å². The zero-order valence-electron chi connectivity index (χ0n) is 16.6. The molecule has 1 atom stereocenters. The Morgan fingerprint density at radius 2 is 1.76 bits per heavy atom. The highest BCUT2D eigenvalue weighted by Crippen LogP contribution is 2.19. The number of amides is 1. The molecular weight excluding hydrogens is 399 g/mol. The fourth-order valence-corrected chi connectivity index (χ4v) is 3.31. The first kappa shape index (κ1) is 22.5. The molecule has 29 heavy (non-hydrogen) atoms. The predicted octanol–water partition coefficient (Wildman–Crippen LogP) is 2.82. The molecule has 0 aliphatic carbocycles. The summed E-state index contributed by atoms with van der Waals surface area (Å²) < 4.78 is 44.4. The molecule has 0 heterocycles. The maximum absolute atomic E-state index is 14.1. The van der Waals surface area contributed by atoms with Crippen molar-refractivity contribution in [2.45, 2.75) is 31.3 Å². The Kier molecular flexibility index (Phi) is 7.10. The van der Waals surface area contributed by atoms with E-state index in [-0.39, 0.29) is 4.90 Å². The van der Waals surface area contributed by atoms with Gasteiger partial charge < -0.3 is 10.1 Å². The number of ether oxygens (including phenoxy) is 1. The van der Waals surface area contributed by atoms with Crippen molar-refractivity contribution in [3.05, 3.63) is 59.4 Å². The Balaban J connectivity index is 2.13. The van der Waals surface area contributed by atoms with Crippen LogP contribution in [0, 0.1) is 5.82 Å². The number of nitrogens with one attached hydrogen (secondary N) is 1. The molecule has 1 N–H and O–H groups in total. The lowest BCUT2D eigenvalue weighted by atomic mass is 10.1. The zero-order valence-corrected chi connectivity index (χ0v) is 17.4. The van der Waals surface area contributed by atoms with Gasteiger partial charge in [-0.3, -0.25) is 4.79 Å². The number of anilines is 1. The molecule has 0 saturated carbocycles. The molecular formula is C20H23FN2O5S. The molecule has 0 saturated heterocycles. The second-order valence-electron chi connectivity index (χ2n) is 6.52. The van der Waals surface area contributed by atoms with Crippen LogP contribution in [0.15, 0.2) is 47.4 Å². The average Bonchev–Trinajstić information content (AvgIpc) is 2.68. The molecule has 0 unspecified atom stereocenters. The van der Waals surface area contributed by atoms with E-state index >= 15 is 0 Å². The Morgan fingerprint density at radius 1 is 1.14 bits per heavy atom. The van der Waals surface area contributed by atoms with Crippen LogP contribution in [0.2, 0.25) is 0 Å². The van der Waals surface area contributed by atoms with Crippen molar-refractivity contribution in [1.82, 2.24) is 4.31 Å². The lowest BCUT2D eigenvalue weighted by molar-refractivity contribution is -0.123. The number of sulfonamides is 1. The van der Waals surface area contributed by atoms with Gasteiger partial charge in [-0.15, -0.1) is 0 Å². The summed E-state index contributed by atoms with van der Waals surface area (Å²) in [4.78, 5) is 24.3. The van der Waals surface area contributed by atoms with Crippen LogP contribution in [0.1, 0.15) is 29.8 Å². The van der Waals surface area contributed by atoms with Crippen molar-refractivity contribution < 1.29 is 27.1 Å². The van der Waals surface area contributed by atoms with Crippen LogP contribution >= 0.6 is 0 Å². The second-order valence-corrected chi connectivity index (χ2v) is 8.67. The average molecular weight is 422 g/mol. The van der Waals surface area contributed by atoms with E-state index in [1.165, 1.54) is 21.0 Å². The van der Waals surface area contributed by atoms with Crippen LogP contribution in [0.4, 0.5) is 10.1 Å². The summed E-state index contributed by atoms with van der Waals surface area (Å²) in [6, 6.07) is 9.98. The minimum absolute atomic E-state index is 0.260. The van der Waals surface area contributed by atoms with Gasteiger partial charge in [0, 0.05) is 19.8 Å². The number of aryl methyl sites for hydroxylation is 1. The van der Waals surface area contributed by atoms with E-state index in [0.717, 1.165) is 34.5 Å². The number of halogens is 1. The summed E-state index contributed by atoms with van der Waals surface area (Å²) in [6.07, 6.45) is -0.363. The zero-order chi connectivity index (χ0) is 21.8. The third-order valence-electron chi connectivity index (χ3n) is 4.22. The first-order valence-corrected chi connectivity index (χ1v) is 10.3. The third-order valence-corrected chi connectivity index (χ3v) is 6.03. The Bertz CT molecular complexity index is 1000. The monoisotopic (exact) mass is 422 g/mol. The molecule has 0 fully saturated rings. The largest absolute Gasteiger partial charge is 0.449 e. The number of nitrogens with zero attached hydrogens (tertiary/aromatic N) is 1. The molecule has 0 aromatic heterocycles. The van der Waals surface area contributed by atoms with Crippen LogP contribution in [-0.4, -0.2) is 44.8 Å². The van der Waals surface area contributed by atoms with E-state index in [9.17, 15) is 22.4 Å².